The zero-order chi connectivity index (χ0) is 22.0. The Morgan fingerprint density at radius 1 is 1.19 bits per heavy atom. The predicted octanol–water partition coefficient (Wildman–Crippen LogP) is 2.18. The van der Waals surface area contributed by atoms with E-state index in [1.54, 1.807) is 50.6 Å². The Kier molecular flexibility index (Phi) is 5.86. The minimum atomic E-state index is -3.68. The molecule has 1 N–H and O–H groups in total. The Balaban J connectivity index is 1.46. The summed E-state index contributed by atoms with van der Waals surface area (Å²) in [6.45, 7) is 1.40. The van der Waals surface area contributed by atoms with Gasteiger partial charge >= 0.3 is 0 Å². The molecule has 0 saturated carbocycles. The number of methoxy groups -OCH3 is 2. The van der Waals surface area contributed by atoms with Crippen molar-refractivity contribution in [3.63, 3.8) is 0 Å². The fourth-order valence-electron chi connectivity index (χ4n) is 4.05. The van der Waals surface area contributed by atoms with Gasteiger partial charge in [-0.25, -0.2) is 0 Å². The highest BCUT2D eigenvalue weighted by molar-refractivity contribution is 7.90. The lowest BCUT2D eigenvalue weighted by atomic mass is 9.96. The van der Waals surface area contributed by atoms with Crippen molar-refractivity contribution in [2.75, 3.05) is 27.3 Å². The van der Waals surface area contributed by atoms with Crippen LogP contribution in [0.1, 0.15) is 24.0 Å². The first-order valence-corrected chi connectivity index (χ1v) is 11.5. The maximum Gasteiger partial charge on any atom is 0.285 e. The fourth-order valence-corrected chi connectivity index (χ4v) is 5.27. The minimum absolute atomic E-state index is 0.0793. The van der Waals surface area contributed by atoms with E-state index in [4.69, 9.17) is 9.47 Å². The van der Waals surface area contributed by atoms with E-state index in [1.807, 2.05) is 11.0 Å². The highest BCUT2D eigenvalue weighted by Gasteiger charge is 2.35. The highest BCUT2D eigenvalue weighted by Crippen LogP contribution is 2.30. The molecule has 1 saturated heterocycles. The largest absolute Gasteiger partial charge is 0.497 e. The molecule has 1 amide bonds. The van der Waals surface area contributed by atoms with Crippen molar-refractivity contribution in [3.05, 3.63) is 53.6 Å². The van der Waals surface area contributed by atoms with Gasteiger partial charge < -0.3 is 19.7 Å². The summed E-state index contributed by atoms with van der Waals surface area (Å²) in [6.07, 6.45) is 1.51. The topological polar surface area (TPSA) is 97.3 Å². The second-order valence-electron chi connectivity index (χ2n) is 7.57. The normalized spacial score (nSPS) is 19.4. The molecular formula is C22H25N3O5S. The second kappa shape index (κ2) is 8.58. The monoisotopic (exact) mass is 443 g/mol. The fraction of sp³-hybridized carbons (Fsp3) is 0.364. The molecule has 0 radical (unpaired) electrons. The lowest BCUT2D eigenvalue weighted by Crippen LogP contribution is -2.45. The number of piperidine rings is 1. The first kappa shape index (κ1) is 21.2. The molecule has 8 nitrogen and oxygen atoms in total. The van der Waals surface area contributed by atoms with Gasteiger partial charge in [0.1, 0.15) is 16.4 Å². The second-order valence-corrected chi connectivity index (χ2v) is 9.14. The highest BCUT2D eigenvalue weighted by atomic mass is 32.2. The number of hydrogen-bond donors (Lipinski definition) is 1. The number of ether oxygens (including phenoxy) is 2. The molecule has 2 aromatic rings. The van der Waals surface area contributed by atoms with Crippen LogP contribution < -0.4 is 14.8 Å². The van der Waals surface area contributed by atoms with Crippen LogP contribution in [-0.4, -0.2) is 52.4 Å². The van der Waals surface area contributed by atoms with E-state index in [0.717, 1.165) is 18.4 Å². The average Bonchev–Trinajstić information content (AvgIpc) is 3.08. The van der Waals surface area contributed by atoms with Gasteiger partial charge in [0, 0.05) is 30.8 Å². The number of amidine groups is 1. The summed E-state index contributed by atoms with van der Waals surface area (Å²) >= 11 is 0. The first-order chi connectivity index (χ1) is 14.9. The summed E-state index contributed by atoms with van der Waals surface area (Å²) in [5.74, 6) is 1.46. The van der Waals surface area contributed by atoms with Crippen LogP contribution in [0.5, 0.6) is 11.5 Å². The third-order valence-corrected chi connectivity index (χ3v) is 6.97. The van der Waals surface area contributed by atoms with E-state index in [-0.39, 0.29) is 16.7 Å². The van der Waals surface area contributed by atoms with Gasteiger partial charge in [-0.05, 0) is 43.2 Å². The number of amides is 1. The molecule has 4 rings (SSSR count). The number of carbonyl (C=O) groups is 1. The van der Waals surface area contributed by atoms with Crippen LogP contribution in [0.15, 0.2) is 51.8 Å². The Morgan fingerprint density at radius 3 is 2.77 bits per heavy atom. The van der Waals surface area contributed by atoms with E-state index >= 15 is 0 Å². The summed E-state index contributed by atoms with van der Waals surface area (Å²) in [5.41, 5.74) is 1.42. The third-order valence-electron chi connectivity index (χ3n) is 5.64. The number of carbonyl (C=O) groups excluding carboxylic acids is 1. The van der Waals surface area contributed by atoms with E-state index in [0.29, 0.717) is 42.5 Å². The molecule has 2 aliphatic heterocycles. The summed E-state index contributed by atoms with van der Waals surface area (Å²) in [7, 11) is -0.511. The molecule has 2 heterocycles. The van der Waals surface area contributed by atoms with E-state index in [9.17, 15) is 13.2 Å². The zero-order valence-electron chi connectivity index (χ0n) is 17.5. The Hall–Kier alpha value is -3.07. The van der Waals surface area contributed by atoms with E-state index in [1.165, 1.54) is 0 Å². The van der Waals surface area contributed by atoms with Gasteiger partial charge in [-0.15, -0.1) is 4.40 Å². The number of fused-ring (bicyclic) bond motifs is 1. The van der Waals surface area contributed by atoms with Gasteiger partial charge in [0.25, 0.3) is 10.0 Å². The molecule has 0 spiro atoms. The quantitative estimate of drug-likeness (QED) is 0.761. The summed E-state index contributed by atoms with van der Waals surface area (Å²) < 4.78 is 39.4. The van der Waals surface area contributed by atoms with Gasteiger partial charge in [-0.3, -0.25) is 4.79 Å². The Bertz CT molecular complexity index is 1130. The van der Waals surface area contributed by atoms with Gasteiger partial charge in [-0.1, -0.05) is 12.1 Å². The van der Waals surface area contributed by atoms with Crippen molar-refractivity contribution < 1.29 is 22.7 Å². The van der Waals surface area contributed by atoms with Gasteiger partial charge in [-0.2, -0.15) is 8.42 Å². The standard InChI is InChI=1S/C22H25N3O5S/c1-29-17-9-10-19(30-2)16(12-17)13-23-22(26)15-6-5-11-25(14-15)21-18-7-3-4-8-20(18)31(27,28)24-21/h3-4,7-10,12,15H,5-6,11,13-14H2,1-2H3,(H,23,26). The number of rotatable bonds is 5. The summed E-state index contributed by atoms with van der Waals surface area (Å²) in [5, 5.41) is 2.98. The van der Waals surface area contributed by atoms with Crippen LogP contribution in [0.2, 0.25) is 0 Å². The third kappa shape index (κ3) is 4.23. The predicted molar refractivity (Wildman–Crippen MR) is 116 cm³/mol. The number of nitrogens with one attached hydrogen (secondary N) is 1. The van der Waals surface area contributed by atoms with Crippen molar-refractivity contribution in [1.82, 2.24) is 10.2 Å². The van der Waals surface area contributed by atoms with Crippen molar-refractivity contribution >= 4 is 21.8 Å². The van der Waals surface area contributed by atoms with Gasteiger partial charge in [0.15, 0.2) is 5.84 Å². The van der Waals surface area contributed by atoms with Gasteiger partial charge in [0.05, 0.1) is 20.1 Å². The van der Waals surface area contributed by atoms with Crippen LogP contribution in [0.3, 0.4) is 0 Å². The number of benzene rings is 2. The van der Waals surface area contributed by atoms with Crippen LogP contribution in [0.4, 0.5) is 0 Å². The van der Waals surface area contributed by atoms with Crippen LogP contribution >= 0.6 is 0 Å². The SMILES string of the molecule is COc1ccc(OC)c(CNC(=O)C2CCCN(C3=NS(=O)(=O)c4ccccc43)C2)c1. The molecule has 2 aromatic carbocycles. The van der Waals surface area contributed by atoms with Crippen LogP contribution in [0.25, 0.3) is 0 Å². The van der Waals surface area contributed by atoms with Crippen molar-refractivity contribution in [2.24, 2.45) is 10.3 Å². The molecule has 1 unspecified atom stereocenters. The molecule has 1 atom stereocenters. The van der Waals surface area contributed by atoms with Crippen molar-refractivity contribution in [2.45, 2.75) is 24.3 Å². The number of hydrogen-bond acceptors (Lipinski definition) is 6. The number of likely N-dealkylation sites (tertiary alicyclic amines) is 1. The van der Waals surface area contributed by atoms with E-state index in [2.05, 4.69) is 9.71 Å². The maximum atomic E-state index is 12.9. The summed E-state index contributed by atoms with van der Waals surface area (Å²) in [4.78, 5) is 15.0. The molecule has 1 fully saturated rings. The number of nitrogens with zero attached hydrogens (tertiary/aromatic N) is 2. The molecule has 9 heteroatoms. The lowest BCUT2D eigenvalue weighted by molar-refractivity contribution is -0.126. The molecule has 0 aliphatic carbocycles. The number of sulfonamides is 1. The molecule has 31 heavy (non-hydrogen) atoms. The van der Waals surface area contributed by atoms with Crippen LogP contribution in [0, 0.1) is 5.92 Å². The lowest BCUT2D eigenvalue weighted by Gasteiger charge is -2.33. The zero-order valence-corrected chi connectivity index (χ0v) is 18.3. The molecular weight excluding hydrogens is 418 g/mol. The molecule has 0 bridgehead atoms. The van der Waals surface area contributed by atoms with E-state index < -0.39 is 10.0 Å². The minimum Gasteiger partial charge on any atom is -0.497 e. The van der Waals surface area contributed by atoms with Crippen LogP contribution in [-0.2, 0) is 21.4 Å². The maximum absolute atomic E-state index is 12.9. The smallest absolute Gasteiger partial charge is 0.285 e. The Morgan fingerprint density at radius 2 is 2.00 bits per heavy atom. The van der Waals surface area contributed by atoms with Crippen molar-refractivity contribution in [1.29, 1.82) is 0 Å². The van der Waals surface area contributed by atoms with Crippen molar-refractivity contribution in [3.8, 4) is 11.5 Å². The summed E-state index contributed by atoms with van der Waals surface area (Å²) in [6, 6.07) is 12.3. The molecule has 2 aliphatic rings. The molecule has 164 valence electrons. The Labute approximate surface area is 181 Å². The molecule has 0 aromatic heterocycles. The van der Waals surface area contributed by atoms with Gasteiger partial charge in [0.2, 0.25) is 5.91 Å². The average molecular weight is 444 g/mol. The first-order valence-electron chi connectivity index (χ1n) is 10.1.